The van der Waals surface area contributed by atoms with Gasteiger partial charge in [-0.1, -0.05) is 42.9 Å². The predicted octanol–water partition coefficient (Wildman–Crippen LogP) is 5.78. The normalized spacial score (nSPS) is 23.5. The number of hydrogen-bond donors (Lipinski definition) is 1. The zero-order valence-electron chi connectivity index (χ0n) is 18.1. The van der Waals surface area contributed by atoms with Gasteiger partial charge in [0.05, 0.1) is 18.4 Å². The summed E-state index contributed by atoms with van der Waals surface area (Å²) in [5, 5.41) is 10.0. The van der Waals surface area contributed by atoms with Gasteiger partial charge in [-0.2, -0.15) is 0 Å². The molecule has 2 heterocycles. The van der Waals surface area contributed by atoms with Gasteiger partial charge in [0.1, 0.15) is 12.2 Å². The van der Waals surface area contributed by atoms with Crippen molar-refractivity contribution in [3.05, 3.63) is 60.1 Å². The van der Waals surface area contributed by atoms with E-state index in [0.29, 0.717) is 12.3 Å². The molecule has 0 aliphatic carbocycles. The van der Waals surface area contributed by atoms with Crippen molar-refractivity contribution in [2.45, 2.75) is 77.9 Å². The first kappa shape index (κ1) is 23.2. The van der Waals surface area contributed by atoms with Crippen LogP contribution in [-0.2, 0) is 16.0 Å². The van der Waals surface area contributed by atoms with E-state index >= 15 is 0 Å². The first-order valence-electron chi connectivity index (χ1n) is 10.8. The van der Waals surface area contributed by atoms with Gasteiger partial charge >= 0.3 is 5.97 Å². The van der Waals surface area contributed by atoms with Crippen LogP contribution in [0.25, 0.3) is 0 Å². The molecule has 0 aromatic carbocycles. The molecule has 0 radical (unpaired) electrons. The zero-order valence-corrected chi connectivity index (χ0v) is 18.1. The minimum atomic E-state index is -0.715. The van der Waals surface area contributed by atoms with Gasteiger partial charge in [0.25, 0.3) is 0 Å². The van der Waals surface area contributed by atoms with Crippen LogP contribution in [0, 0.1) is 11.8 Å². The molecule has 1 saturated heterocycles. The highest BCUT2D eigenvalue weighted by Crippen LogP contribution is 2.27. The fourth-order valence-electron chi connectivity index (χ4n) is 3.61. The van der Waals surface area contributed by atoms with Crippen LogP contribution in [-0.4, -0.2) is 23.3 Å². The molecule has 1 aliphatic rings. The third-order valence-electron chi connectivity index (χ3n) is 5.65. The number of rotatable bonds is 12. The van der Waals surface area contributed by atoms with Crippen LogP contribution >= 0.6 is 0 Å². The number of furan rings is 1. The molecule has 160 valence electrons. The highest BCUT2D eigenvalue weighted by atomic mass is 16.6. The van der Waals surface area contributed by atoms with Crippen molar-refractivity contribution in [2.75, 3.05) is 0 Å². The molecule has 1 fully saturated rings. The average molecular weight is 401 g/mol. The Kier molecular flexibility index (Phi) is 9.46. The van der Waals surface area contributed by atoms with Gasteiger partial charge in [-0.15, -0.1) is 0 Å². The number of cyclic esters (lactones) is 1. The Hall–Kier alpha value is -2.07. The molecule has 0 bridgehead atoms. The topological polar surface area (TPSA) is 59.7 Å². The Morgan fingerprint density at radius 1 is 1.34 bits per heavy atom. The fourth-order valence-corrected chi connectivity index (χ4v) is 3.61. The Labute approximate surface area is 175 Å². The molecule has 29 heavy (non-hydrogen) atoms. The van der Waals surface area contributed by atoms with E-state index in [-0.39, 0.29) is 5.97 Å². The first-order chi connectivity index (χ1) is 13.9. The molecule has 4 atom stereocenters. The number of aryl methyl sites for hydroxylation is 1. The van der Waals surface area contributed by atoms with Crippen molar-refractivity contribution in [3.63, 3.8) is 0 Å². The Balaban J connectivity index is 1.59. The van der Waals surface area contributed by atoms with Gasteiger partial charge in [-0.3, -0.25) is 4.79 Å². The zero-order chi connectivity index (χ0) is 21.2. The van der Waals surface area contributed by atoms with E-state index in [0.717, 1.165) is 31.3 Å². The van der Waals surface area contributed by atoms with E-state index in [4.69, 9.17) is 9.15 Å². The van der Waals surface area contributed by atoms with Gasteiger partial charge in [-0.05, 0) is 69.9 Å². The van der Waals surface area contributed by atoms with Crippen LogP contribution in [0.15, 0.2) is 59.0 Å². The number of carbonyl (C=O) groups is 1. The second kappa shape index (κ2) is 11.8. The Morgan fingerprint density at radius 3 is 2.79 bits per heavy atom. The van der Waals surface area contributed by atoms with E-state index < -0.39 is 18.1 Å². The van der Waals surface area contributed by atoms with Crippen LogP contribution in [0.2, 0.25) is 0 Å². The molecule has 1 aromatic rings. The highest BCUT2D eigenvalue weighted by molar-refractivity contribution is 5.75. The van der Waals surface area contributed by atoms with Crippen molar-refractivity contribution in [3.8, 4) is 0 Å². The first-order valence-corrected chi connectivity index (χ1v) is 10.8. The molecular formula is C25H36O4. The molecule has 1 unspecified atom stereocenters. The molecule has 0 amide bonds. The van der Waals surface area contributed by atoms with E-state index in [1.807, 2.05) is 12.3 Å². The molecule has 4 nitrogen and oxygen atoms in total. The maximum atomic E-state index is 11.5. The highest BCUT2D eigenvalue weighted by Gasteiger charge is 2.40. The van der Waals surface area contributed by atoms with Gasteiger partial charge in [-0.25, -0.2) is 0 Å². The Morgan fingerprint density at radius 2 is 2.14 bits per heavy atom. The molecule has 0 saturated carbocycles. The van der Waals surface area contributed by atoms with Crippen molar-refractivity contribution < 1.29 is 19.1 Å². The second-order valence-corrected chi connectivity index (χ2v) is 8.46. The molecular weight excluding hydrogens is 364 g/mol. The summed E-state index contributed by atoms with van der Waals surface area (Å²) in [6, 6.07) is 2.03. The minimum absolute atomic E-state index is 0.309. The summed E-state index contributed by atoms with van der Waals surface area (Å²) < 4.78 is 10.3. The number of ether oxygens (including phenoxy) is 1. The summed E-state index contributed by atoms with van der Waals surface area (Å²) in [5.41, 5.74) is 3.65. The van der Waals surface area contributed by atoms with Crippen LogP contribution in [0.5, 0.6) is 0 Å². The number of aliphatic hydroxyl groups excluding tert-OH is 1. The predicted molar refractivity (Wildman–Crippen MR) is 116 cm³/mol. The van der Waals surface area contributed by atoms with Gasteiger partial charge < -0.3 is 14.3 Å². The smallest absolute Gasteiger partial charge is 0.311 e. The van der Waals surface area contributed by atoms with E-state index in [2.05, 4.69) is 38.7 Å². The summed E-state index contributed by atoms with van der Waals surface area (Å²) in [4.78, 5) is 11.5. The third kappa shape index (κ3) is 8.06. The third-order valence-corrected chi connectivity index (χ3v) is 5.65. The Bertz CT molecular complexity index is 698. The van der Waals surface area contributed by atoms with E-state index in [1.165, 1.54) is 24.0 Å². The molecule has 1 aromatic heterocycles. The monoisotopic (exact) mass is 400 g/mol. The maximum Gasteiger partial charge on any atom is 0.311 e. The van der Waals surface area contributed by atoms with E-state index in [1.54, 1.807) is 13.2 Å². The van der Waals surface area contributed by atoms with Crippen LogP contribution < -0.4 is 0 Å². The summed E-state index contributed by atoms with van der Waals surface area (Å²) in [6.45, 7) is 10.2. The van der Waals surface area contributed by atoms with E-state index in [9.17, 15) is 9.90 Å². The summed E-state index contributed by atoms with van der Waals surface area (Å²) in [5.74, 6) is -0.178. The van der Waals surface area contributed by atoms with Crippen molar-refractivity contribution in [1.29, 1.82) is 0 Å². The SMILES string of the molecule is C=C(CCC/C(C)=C/C=C/C(C)CCCc1ccoc1)C[C@@H]1OC(=O)[C@H](C)[C@@H]1O. The average Bonchev–Trinajstić information content (AvgIpc) is 3.27. The molecule has 0 spiro atoms. The lowest BCUT2D eigenvalue weighted by Crippen LogP contribution is -2.25. The van der Waals surface area contributed by atoms with Crippen LogP contribution in [0.1, 0.15) is 64.9 Å². The fraction of sp³-hybridized carbons (Fsp3) is 0.560. The number of allylic oxidation sites excluding steroid dienone is 4. The van der Waals surface area contributed by atoms with Crippen molar-refractivity contribution in [1.82, 2.24) is 0 Å². The maximum absolute atomic E-state index is 11.5. The molecule has 1 aliphatic heterocycles. The van der Waals surface area contributed by atoms with Crippen molar-refractivity contribution >= 4 is 5.97 Å². The lowest BCUT2D eigenvalue weighted by molar-refractivity contribution is -0.143. The van der Waals surface area contributed by atoms with Gasteiger partial charge in [0, 0.05) is 6.42 Å². The van der Waals surface area contributed by atoms with Gasteiger partial charge in [0.15, 0.2) is 0 Å². The number of aliphatic hydroxyl groups is 1. The molecule has 4 heteroatoms. The number of hydrogen-bond acceptors (Lipinski definition) is 4. The second-order valence-electron chi connectivity index (χ2n) is 8.46. The summed E-state index contributed by atoms with van der Waals surface area (Å²) in [6.07, 6.45) is 15.9. The molecule has 1 N–H and O–H groups in total. The summed E-state index contributed by atoms with van der Waals surface area (Å²) >= 11 is 0. The lowest BCUT2D eigenvalue weighted by atomic mass is 9.96. The van der Waals surface area contributed by atoms with Crippen molar-refractivity contribution in [2.24, 2.45) is 11.8 Å². The number of esters is 1. The summed E-state index contributed by atoms with van der Waals surface area (Å²) in [7, 11) is 0. The minimum Gasteiger partial charge on any atom is -0.472 e. The van der Waals surface area contributed by atoms with Gasteiger partial charge in [0.2, 0.25) is 0 Å². The lowest BCUT2D eigenvalue weighted by Gasteiger charge is -2.15. The standard InChI is InChI=1S/C25H36O4/c1-18(8-5-9-19(2)11-7-13-22-14-15-28-17-22)10-6-12-20(3)16-23-24(26)21(4)25(27)29-23/h5,8-9,14-15,17,19,21,23-24,26H,3,6-7,10-13,16H2,1-2,4H3/b9-5+,18-8+/t19?,21-,23+,24+/m1/s1. The van der Waals surface area contributed by atoms with Crippen LogP contribution in [0.3, 0.4) is 0 Å². The van der Waals surface area contributed by atoms with Crippen LogP contribution in [0.4, 0.5) is 0 Å². The number of carbonyl (C=O) groups excluding carboxylic acids is 1. The molecule has 2 rings (SSSR count). The quantitative estimate of drug-likeness (QED) is 0.274. The largest absolute Gasteiger partial charge is 0.472 e.